The van der Waals surface area contributed by atoms with Gasteiger partial charge < -0.3 is 15.2 Å². The second-order valence-corrected chi connectivity index (χ2v) is 6.19. The standard InChI is InChI=1S/C14H21NO3S/c1-14(17,8-11-4-7-19-9-11)10-15-13(16)12-2-5-18-6-3-12/h4,7,9,12,17H,2-3,5-6,8,10H2,1H3,(H,15,16). The lowest BCUT2D eigenvalue weighted by molar-refractivity contribution is -0.129. The van der Waals surface area contributed by atoms with Crippen LogP contribution in [0.4, 0.5) is 0 Å². The highest BCUT2D eigenvalue weighted by molar-refractivity contribution is 7.07. The molecule has 2 N–H and O–H groups in total. The van der Waals surface area contributed by atoms with E-state index in [2.05, 4.69) is 5.32 Å². The summed E-state index contributed by atoms with van der Waals surface area (Å²) in [5, 5.41) is 17.2. The third kappa shape index (κ3) is 4.60. The van der Waals surface area contributed by atoms with E-state index in [9.17, 15) is 9.90 Å². The van der Waals surface area contributed by atoms with Crippen LogP contribution in [-0.4, -0.2) is 36.4 Å². The molecule has 1 saturated heterocycles. The number of thiophene rings is 1. The van der Waals surface area contributed by atoms with Crippen LogP contribution in [0, 0.1) is 5.92 Å². The molecular weight excluding hydrogens is 262 g/mol. The first-order valence-corrected chi connectivity index (χ1v) is 7.60. The third-order valence-corrected chi connectivity index (χ3v) is 4.13. The normalized spacial score (nSPS) is 19.9. The molecule has 0 spiro atoms. The van der Waals surface area contributed by atoms with E-state index in [0.29, 0.717) is 26.2 Å². The summed E-state index contributed by atoms with van der Waals surface area (Å²) in [6.45, 7) is 3.36. The summed E-state index contributed by atoms with van der Waals surface area (Å²) in [5.41, 5.74) is 0.206. The molecule has 1 unspecified atom stereocenters. The van der Waals surface area contributed by atoms with Gasteiger partial charge in [-0.25, -0.2) is 0 Å². The zero-order valence-corrected chi connectivity index (χ0v) is 12.0. The van der Waals surface area contributed by atoms with Crippen molar-refractivity contribution in [2.45, 2.75) is 31.8 Å². The van der Waals surface area contributed by atoms with E-state index >= 15 is 0 Å². The van der Waals surface area contributed by atoms with Crippen molar-refractivity contribution >= 4 is 17.2 Å². The van der Waals surface area contributed by atoms with Crippen LogP contribution in [0.5, 0.6) is 0 Å². The zero-order valence-electron chi connectivity index (χ0n) is 11.2. The summed E-state index contributed by atoms with van der Waals surface area (Å²) < 4.78 is 5.24. The fourth-order valence-electron chi connectivity index (χ4n) is 2.28. The van der Waals surface area contributed by atoms with Crippen LogP contribution in [0.2, 0.25) is 0 Å². The van der Waals surface area contributed by atoms with Gasteiger partial charge in [0, 0.05) is 32.1 Å². The maximum atomic E-state index is 12.0. The first-order chi connectivity index (χ1) is 9.07. The second kappa shape index (κ2) is 6.50. The molecule has 1 aliphatic rings. The predicted molar refractivity (Wildman–Crippen MR) is 75.2 cm³/mol. The van der Waals surface area contributed by atoms with Crippen LogP contribution < -0.4 is 5.32 Å². The Morgan fingerprint density at radius 2 is 2.32 bits per heavy atom. The average Bonchev–Trinajstić information content (AvgIpc) is 2.89. The first-order valence-electron chi connectivity index (χ1n) is 6.66. The van der Waals surface area contributed by atoms with Gasteiger partial charge in [0.05, 0.1) is 5.60 Å². The molecule has 0 bridgehead atoms. The van der Waals surface area contributed by atoms with E-state index in [1.54, 1.807) is 18.3 Å². The average molecular weight is 283 g/mol. The monoisotopic (exact) mass is 283 g/mol. The van der Waals surface area contributed by atoms with Crippen LogP contribution in [0.15, 0.2) is 16.8 Å². The van der Waals surface area contributed by atoms with Crippen LogP contribution in [-0.2, 0) is 16.0 Å². The van der Waals surface area contributed by atoms with E-state index in [0.717, 1.165) is 18.4 Å². The largest absolute Gasteiger partial charge is 0.388 e. The van der Waals surface area contributed by atoms with Gasteiger partial charge in [-0.05, 0) is 42.2 Å². The summed E-state index contributed by atoms with van der Waals surface area (Å²) in [6, 6.07) is 2.00. The van der Waals surface area contributed by atoms with Gasteiger partial charge in [0.25, 0.3) is 0 Å². The summed E-state index contributed by atoms with van der Waals surface area (Å²) in [5.74, 6) is 0.0691. The number of ether oxygens (including phenoxy) is 1. The number of nitrogens with one attached hydrogen (secondary N) is 1. The molecule has 1 aromatic heterocycles. The molecular formula is C14H21NO3S. The number of carbonyl (C=O) groups excluding carboxylic acids is 1. The molecule has 0 aromatic carbocycles. The van der Waals surface area contributed by atoms with Crippen LogP contribution in [0.25, 0.3) is 0 Å². The zero-order chi connectivity index (χ0) is 13.7. The minimum atomic E-state index is -0.901. The SMILES string of the molecule is CC(O)(CNC(=O)C1CCOCC1)Cc1ccsc1. The maximum Gasteiger partial charge on any atom is 0.223 e. The molecule has 1 aromatic rings. The number of aliphatic hydroxyl groups is 1. The summed E-state index contributed by atoms with van der Waals surface area (Å²) >= 11 is 1.62. The predicted octanol–water partition coefficient (Wildman–Crippen LogP) is 1.58. The molecule has 1 aliphatic heterocycles. The number of rotatable bonds is 5. The van der Waals surface area contributed by atoms with Gasteiger partial charge in [-0.2, -0.15) is 11.3 Å². The van der Waals surface area contributed by atoms with Crippen LogP contribution >= 0.6 is 11.3 Å². The molecule has 0 radical (unpaired) electrons. The second-order valence-electron chi connectivity index (χ2n) is 5.41. The minimum Gasteiger partial charge on any atom is -0.388 e. The fourth-order valence-corrected chi connectivity index (χ4v) is 2.95. The minimum absolute atomic E-state index is 0.0331. The van der Waals surface area contributed by atoms with E-state index in [4.69, 9.17) is 4.74 Å². The fraction of sp³-hybridized carbons (Fsp3) is 0.643. The van der Waals surface area contributed by atoms with Gasteiger partial charge in [-0.3, -0.25) is 4.79 Å². The van der Waals surface area contributed by atoms with Crippen molar-refractivity contribution in [3.63, 3.8) is 0 Å². The van der Waals surface area contributed by atoms with Crippen molar-refractivity contribution in [2.24, 2.45) is 5.92 Å². The molecule has 1 amide bonds. The molecule has 106 valence electrons. The lowest BCUT2D eigenvalue weighted by atomic mass is 9.96. The van der Waals surface area contributed by atoms with Crippen molar-refractivity contribution in [3.05, 3.63) is 22.4 Å². The van der Waals surface area contributed by atoms with Gasteiger partial charge in [-0.1, -0.05) is 0 Å². The number of amides is 1. The molecule has 2 heterocycles. The lowest BCUT2D eigenvalue weighted by Crippen LogP contribution is -2.44. The summed E-state index contributed by atoms with van der Waals surface area (Å²) in [6.07, 6.45) is 2.11. The molecule has 2 rings (SSSR count). The molecule has 0 aliphatic carbocycles. The van der Waals surface area contributed by atoms with Crippen molar-refractivity contribution in [3.8, 4) is 0 Å². The molecule has 4 nitrogen and oxygen atoms in total. The topological polar surface area (TPSA) is 58.6 Å². The highest BCUT2D eigenvalue weighted by Gasteiger charge is 2.26. The van der Waals surface area contributed by atoms with Crippen molar-refractivity contribution < 1.29 is 14.6 Å². The molecule has 1 atom stereocenters. The quantitative estimate of drug-likeness (QED) is 0.862. The molecule has 0 saturated carbocycles. The van der Waals surface area contributed by atoms with E-state index in [1.165, 1.54) is 0 Å². The Hall–Kier alpha value is -0.910. The Morgan fingerprint density at radius 3 is 2.95 bits per heavy atom. The van der Waals surface area contributed by atoms with Gasteiger partial charge in [0.1, 0.15) is 0 Å². The Bertz CT molecular complexity index is 397. The van der Waals surface area contributed by atoms with Gasteiger partial charge in [-0.15, -0.1) is 0 Å². The Labute approximate surface area is 117 Å². The van der Waals surface area contributed by atoms with Crippen LogP contribution in [0.1, 0.15) is 25.3 Å². The lowest BCUT2D eigenvalue weighted by Gasteiger charge is -2.26. The van der Waals surface area contributed by atoms with Gasteiger partial charge in [0.15, 0.2) is 0 Å². The first kappa shape index (κ1) is 14.5. The summed E-state index contributed by atoms with van der Waals surface area (Å²) in [7, 11) is 0. The molecule has 1 fully saturated rings. The van der Waals surface area contributed by atoms with Gasteiger partial charge in [0.2, 0.25) is 5.91 Å². The number of carbonyl (C=O) groups is 1. The highest BCUT2D eigenvalue weighted by Crippen LogP contribution is 2.17. The van der Waals surface area contributed by atoms with E-state index in [-0.39, 0.29) is 11.8 Å². The highest BCUT2D eigenvalue weighted by atomic mass is 32.1. The van der Waals surface area contributed by atoms with E-state index < -0.39 is 5.60 Å². The van der Waals surface area contributed by atoms with Gasteiger partial charge >= 0.3 is 0 Å². The van der Waals surface area contributed by atoms with Crippen molar-refractivity contribution in [1.82, 2.24) is 5.32 Å². The Balaban J connectivity index is 1.78. The van der Waals surface area contributed by atoms with E-state index in [1.807, 2.05) is 16.8 Å². The number of hydrogen-bond acceptors (Lipinski definition) is 4. The molecule has 5 heteroatoms. The number of hydrogen-bond donors (Lipinski definition) is 2. The third-order valence-electron chi connectivity index (χ3n) is 3.40. The van der Waals surface area contributed by atoms with Crippen molar-refractivity contribution in [2.75, 3.05) is 19.8 Å². The molecule has 19 heavy (non-hydrogen) atoms. The Kier molecular flexibility index (Phi) is 4.96. The maximum absolute atomic E-state index is 12.0. The van der Waals surface area contributed by atoms with Crippen LogP contribution in [0.3, 0.4) is 0 Å². The Morgan fingerprint density at radius 1 is 1.58 bits per heavy atom. The van der Waals surface area contributed by atoms with Crippen molar-refractivity contribution in [1.29, 1.82) is 0 Å². The summed E-state index contributed by atoms with van der Waals surface area (Å²) in [4.78, 5) is 12.0. The smallest absolute Gasteiger partial charge is 0.223 e.